The van der Waals surface area contributed by atoms with Crippen molar-refractivity contribution < 1.29 is 9.53 Å². The molecule has 0 aromatic heterocycles. The fourth-order valence-electron chi connectivity index (χ4n) is 3.49. The van der Waals surface area contributed by atoms with E-state index in [4.69, 9.17) is 4.74 Å². The number of nitrogens with one attached hydrogen (secondary N) is 2. The first-order chi connectivity index (χ1) is 10.4. The standard InChI is InChI=1S/C17H33N3O2/c1-17(2,3)22-16(21)19-13-14-7-6-8-15(14)18-9-12-20-10-4-5-11-20/h14-15,18H,4-13H2,1-3H3,(H,19,21). The van der Waals surface area contributed by atoms with Crippen molar-refractivity contribution in [3.05, 3.63) is 0 Å². The molecule has 0 bridgehead atoms. The maximum atomic E-state index is 11.7. The molecule has 1 saturated heterocycles. The summed E-state index contributed by atoms with van der Waals surface area (Å²) < 4.78 is 5.30. The average Bonchev–Trinajstić information content (AvgIpc) is 3.06. The first-order valence-corrected chi connectivity index (χ1v) is 8.86. The van der Waals surface area contributed by atoms with E-state index in [1.807, 2.05) is 20.8 Å². The van der Waals surface area contributed by atoms with E-state index < -0.39 is 5.60 Å². The number of hydrogen-bond acceptors (Lipinski definition) is 4. The van der Waals surface area contributed by atoms with Crippen LogP contribution in [0, 0.1) is 5.92 Å². The Balaban J connectivity index is 1.63. The number of carbonyl (C=O) groups is 1. The molecule has 128 valence electrons. The quantitative estimate of drug-likeness (QED) is 0.791. The van der Waals surface area contributed by atoms with Gasteiger partial charge in [-0.15, -0.1) is 0 Å². The Morgan fingerprint density at radius 1 is 1.18 bits per heavy atom. The van der Waals surface area contributed by atoms with Gasteiger partial charge in [-0.3, -0.25) is 0 Å². The Morgan fingerprint density at radius 3 is 2.59 bits per heavy atom. The molecule has 22 heavy (non-hydrogen) atoms. The lowest BCUT2D eigenvalue weighted by atomic mass is 10.0. The van der Waals surface area contributed by atoms with Crippen molar-refractivity contribution in [3.63, 3.8) is 0 Å². The van der Waals surface area contributed by atoms with Gasteiger partial charge in [-0.2, -0.15) is 0 Å². The van der Waals surface area contributed by atoms with Crippen LogP contribution in [0.15, 0.2) is 0 Å². The van der Waals surface area contributed by atoms with E-state index in [1.54, 1.807) is 0 Å². The largest absolute Gasteiger partial charge is 0.444 e. The molecular formula is C17H33N3O2. The Labute approximate surface area is 135 Å². The summed E-state index contributed by atoms with van der Waals surface area (Å²) in [4.78, 5) is 14.3. The first kappa shape index (κ1) is 17.5. The summed E-state index contributed by atoms with van der Waals surface area (Å²) >= 11 is 0. The predicted molar refractivity (Wildman–Crippen MR) is 89.0 cm³/mol. The monoisotopic (exact) mass is 311 g/mol. The highest BCUT2D eigenvalue weighted by Crippen LogP contribution is 2.25. The highest BCUT2D eigenvalue weighted by Gasteiger charge is 2.28. The number of rotatable bonds is 6. The minimum Gasteiger partial charge on any atom is -0.444 e. The Kier molecular flexibility index (Phi) is 6.50. The molecule has 2 N–H and O–H groups in total. The molecule has 1 heterocycles. The smallest absolute Gasteiger partial charge is 0.407 e. The van der Waals surface area contributed by atoms with Gasteiger partial charge >= 0.3 is 6.09 Å². The van der Waals surface area contributed by atoms with Crippen LogP contribution in [0.2, 0.25) is 0 Å². The van der Waals surface area contributed by atoms with Gasteiger partial charge in [-0.25, -0.2) is 4.79 Å². The van der Waals surface area contributed by atoms with Crippen molar-refractivity contribution in [2.75, 3.05) is 32.7 Å². The molecule has 0 spiro atoms. The van der Waals surface area contributed by atoms with E-state index in [1.165, 1.54) is 45.2 Å². The zero-order chi connectivity index (χ0) is 16.0. The minimum absolute atomic E-state index is 0.296. The van der Waals surface area contributed by atoms with Gasteiger partial charge in [0.2, 0.25) is 0 Å². The van der Waals surface area contributed by atoms with Crippen LogP contribution in [-0.2, 0) is 4.74 Å². The Morgan fingerprint density at radius 2 is 1.91 bits per heavy atom. The van der Waals surface area contributed by atoms with Gasteiger partial charge in [0.25, 0.3) is 0 Å². The van der Waals surface area contributed by atoms with E-state index in [-0.39, 0.29) is 6.09 Å². The second kappa shape index (κ2) is 8.16. The molecule has 0 aromatic rings. The van der Waals surface area contributed by atoms with Crippen molar-refractivity contribution >= 4 is 6.09 Å². The number of alkyl carbamates (subject to hydrolysis) is 1. The van der Waals surface area contributed by atoms with Gasteiger partial charge in [0.05, 0.1) is 0 Å². The van der Waals surface area contributed by atoms with Crippen LogP contribution in [0.3, 0.4) is 0 Å². The van der Waals surface area contributed by atoms with Crippen LogP contribution >= 0.6 is 0 Å². The van der Waals surface area contributed by atoms with Gasteiger partial charge < -0.3 is 20.3 Å². The summed E-state index contributed by atoms with van der Waals surface area (Å²) in [5.41, 5.74) is -0.423. The molecule has 0 aromatic carbocycles. The fourth-order valence-corrected chi connectivity index (χ4v) is 3.49. The van der Waals surface area contributed by atoms with Crippen molar-refractivity contribution in [1.82, 2.24) is 15.5 Å². The van der Waals surface area contributed by atoms with Gasteiger partial charge in [-0.05, 0) is 65.5 Å². The second-order valence-electron chi connectivity index (χ2n) is 7.68. The number of hydrogen-bond donors (Lipinski definition) is 2. The second-order valence-corrected chi connectivity index (χ2v) is 7.68. The van der Waals surface area contributed by atoms with Crippen LogP contribution in [0.5, 0.6) is 0 Å². The summed E-state index contributed by atoms with van der Waals surface area (Å²) in [6, 6.07) is 0.539. The van der Waals surface area contributed by atoms with Crippen LogP contribution < -0.4 is 10.6 Å². The highest BCUT2D eigenvalue weighted by atomic mass is 16.6. The van der Waals surface area contributed by atoms with Gasteiger partial charge in [-0.1, -0.05) is 6.42 Å². The topological polar surface area (TPSA) is 53.6 Å². The molecule has 1 amide bonds. The summed E-state index contributed by atoms with van der Waals surface area (Å²) in [6.07, 6.45) is 6.08. The molecule has 2 unspecified atom stereocenters. The first-order valence-electron chi connectivity index (χ1n) is 8.86. The Hall–Kier alpha value is -0.810. The van der Waals surface area contributed by atoms with Crippen molar-refractivity contribution in [2.45, 2.75) is 64.5 Å². The van der Waals surface area contributed by atoms with E-state index in [0.29, 0.717) is 12.0 Å². The number of likely N-dealkylation sites (tertiary alicyclic amines) is 1. The molecule has 2 fully saturated rings. The molecule has 5 heteroatoms. The normalized spacial score (nSPS) is 26.3. The third-order valence-corrected chi connectivity index (χ3v) is 4.60. The van der Waals surface area contributed by atoms with E-state index >= 15 is 0 Å². The zero-order valence-electron chi connectivity index (χ0n) is 14.5. The molecule has 2 atom stereocenters. The fraction of sp³-hybridized carbons (Fsp3) is 0.941. The van der Waals surface area contributed by atoms with E-state index in [9.17, 15) is 4.79 Å². The van der Waals surface area contributed by atoms with Crippen molar-refractivity contribution in [2.24, 2.45) is 5.92 Å². The summed E-state index contributed by atoms with van der Waals surface area (Å²) in [6.45, 7) is 11.1. The zero-order valence-corrected chi connectivity index (χ0v) is 14.5. The summed E-state index contributed by atoms with van der Waals surface area (Å²) in [5, 5.41) is 6.63. The lowest BCUT2D eigenvalue weighted by Crippen LogP contribution is -2.43. The number of nitrogens with zero attached hydrogens (tertiary/aromatic N) is 1. The lowest BCUT2D eigenvalue weighted by Gasteiger charge is -2.24. The Bertz CT molecular complexity index is 348. The molecular weight excluding hydrogens is 278 g/mol. The van der Waals surface area contributed by atoms with Crippen molar-refractivity contribution in [3.8, 4) is 0 Å². The van der Waals surface area contributed by atoms with Gasteiger partial charge in [0.15, 0.2) is 0 Å². The summed E-state index contributed by atoms with van der Waals surface area (Å²) in [5.74, 6) is 0.533. The molecule has 0 radical (unpaired) electrons. The van der Waals surface area contributed by atoms with Crippen molar-refractivity contribution in [1.29, 1.82) is 0 Å². The predicted octanol–water partition coefficient (Wildman–Crippen LogP) is 2.37. The maximum absolute atomic E-state index is 11.7. The molecule has 1 aliphatic heterocycles. The number of ether oxygens (including phenoxy) is 1. The minimum atomic E-state index is -0.423. The van der Waals surface area contributed by atoms with E-state index in [0.717, 1.165) is 19.6 Å². The molecule has 5 nitrogen and oxygen atoms in total. The lowest BCUT2D eigenvalue weighted by molar-refractivity contribution is 0.0517. The average molecular weight is 311 g/mol. The van der Waals surface area contributed by atoms with Gasteiger partial charge in [0.1, 0.15) is 5.60 Å². The van der Waals surface area contributed by atoms with Crippen LogP contribution in [0.4, 0.5) is 4.79 Å². The highest BCUT2D eigenvalue weighted by molar-refractivity contribution is 5.67. The molecule has 2 rings (SSSR count). The molecule has 1 saturated carbocycles. The SMILES string of the molecule is CC(C)(C)OC(=O)NCC1CCCC1NCCN1CCCC1. The third-order valence-electron chi connectivity index (χ3n) is 4.60. The van der Waals surface area contributed by atoms with Gasteiger partial charge in [0, 0.05) is 25.7 Å². The number of amides is 1. The number of carbonyl (C=O) groups excluding carboxylic acids is 1. The van der Waals surface area contributed by atoms with Crippen LogP contribution in [0.1, 0.15) is 52.9 Å². The van der Waals surface area contributed by atoms with E-state index in [2.05, 4.69) is 15.5 Å². The summed E-state index contributed by atoms with van der Waals surface area (Å²) in [7, 11) is 0. The molecule has 2 aliphatic rings. The van der Waals surface area contributed by atoms with Crippen LogP contribution in [0.25, 0.3) is 0 Å². The maximum Gasteiger partial charge on any atom is 0.407 e. The third kappa shape index (κ3) is 6.13. The molecule has 1 aliphatic carbocycles. The van der Waals surface area contributed by atoms with Crippen LogP contribution in [-0.4, -0.2) is 55.4 Å².